The number of fused-ring (bicyclic) bond motifs is 1. The molecule has 0 spiro atoms. The Morgan fingerprint density at radius 3 is 2.35 bits per heavy atom. The minimum absolute atomic E-state index is 0.303. The summed E-state index contributed by atoms with van der Waals surface area (Å²) < 4.78 is 40.1. The van der Waals surface area contributed by atoms with E-state index in [9.17, 15) is 9.18 Å². The van der Waals surface area contributed by atoms with E-state index >= 15 is 0 Å². The minimum atomic E-state index is -0.747. The van der Waals surface area contributed by atoms with E-state index in [0.717, 1.165) is 5.52 Å². The van der Waals surface area contributed by atoms with Crippen molar-refractivity contribution in [2.75, 3.05) is 20.7 Å². The summed E-state index contributed by atoms with van der Waals surface area (Å²) in [7, 11) is 2.52. The molecule has 1 atom stereocenters. The number of ether oxygens (including phenoxy) is 2. The Kier molecular flexibility index (Phi) is 7.10. The van der Waals surface area contributed by atoms with Crippen LogP contribution in [0.4, 0.5) is 9.18 Å². The van der Waals surface area contributed by atoms with Crippen molar-refractivity contribution in [3.05, 3.63) is 23.8 Å². The molecule has 1 saturated heterocycles. The maximum Gasteiger partial charge on any atom is 0.497 e. The van der Waals surface area contributed by atoms with Crippen LogP contribution in [0.25, 0.3) is 11.0 Å². The van der Waals surface area contributed by atoms with Gasteiger partial charge in [0.2, 0.25) is 0 Å². The summed E-state index contributed by atoms with van der Waals surface area (Å²) in [6.07, 6.45) is -0.786. The van der Waals surface area contributed by atoms with Crippen LogP contribution in [0.1, 0.15) is 54.3 Å². The lowest BCUT2D eigenvalue weighted by atomic mass is 9.78. The van der Waals surface area contributed by atoms with E-state index in [1.807, 2.05) is 60.0 Å². The summed E-state index contributed by atoms with van der Waals surface area (Å²) >= 11 is 0. The fourth-order valence-corrected chi connectivity index (χ4v) is 3.88. The maximum absolute atomic E-state index is 14.6. The quantitative estimate of drug-likeness (QED) is 0.592. The fourth-order valence-electron chi connectivity index (χ4n) is 3.88. The van der Waals surface area contributed by atoms with E-state index < -0.39 is 35.8 Å². The van der Waals surface area contributed by atoms with Crippen molar-refractivity contribution >= 4 is 29.7 Å². The summed E-state index contributed by atoms with van der Waals surface area (Å²) in [4.78, 5) is 18.5. The number of aromatic nitrogens is 2. The Labute approximate surface area is 201 Å². The number of nitrogens with zero attached hydrogens (tertiary/aromatic N) is 3. The lowest BCUT2D eigenvalue weighted by molar-refractivity contribution is 0.00578. The molecule has 0 radical (unpaired) electrons. The SMILES string of the molecule is CO[C@@H](CN(C)C(=O)OC(C)(C)C)Cn1c(C)nc2cc(F)cc(B3OC(C)(C)C(C)(C)O3)c21. The van der Waals surface area contributed by atoms with Crippen LogP contribution in [0, 0.1) is 12.7 Å². The minimum Gasteiger partial charge on any atom is -0.444 e. The predicted octanol–water partition coefficient (Wildman–Crippen LogP) is 3.66. The van der Waals surface area contributed by atoms with Crippen molar-refractivity contribution in [3.63, 3.8) is 0 Å². The topological polar surface area (TPSA) is 75.0 Å². The average molecular weight is 477 g/mol. The second kappa shape index (κ2) is 9.13. The monoisotopic (exact) mass is 477 g/mol. The molecule has 3 rings (SSSR count). The van der Waals surface area contributed by atoms with E-state index in [1.54, 1.807) is 14.2 Å². The van der Waals surface area contributed by atoms with Crippen LogP contribution in [0.3, 0.4) is 0 Å². The smallest absolute Gasteiger partial charge is 0.444 e. The Morgan fingerprint density at radius 1 is 1.24 bits per heavy atom. The summed E-state index contributed by atoms with van der Waals surface area (Å²) in [6.45, 7) is 15.9. The highest BCUT2D eigenvalue weighted by atomic mass is 19.1. The number of imidazole rings is 1. The summed E-state index contributed by atoms with van der Waals surface area (Å²) in [6, 6.07) is 2.85. The molecule has 1 fully saturated rings. The normalized spacial score (nSPS) is 18.4. The molecule has 2 aromatic rings. The van der Waals surface area contributed by atoms with Gasteiger partial charge in [-0.05, 0) is 61.5 Å². The molecule has 1 aliphatic rings. The van der Waals surface area contributed by atoms with Crippen molar-refractivity contribution in [1.82, 2.24) is 14.5 Å². The number of aryl methyl sites for hydroxylation is 1. The molecule has 1 aliphatic heterocycles. The summed E-state index contributed by atoms with van der Waals surface area (Å²) in [5.74, 6) is 0.287. The standard InChI is InChI=1S/C24H37BFN3O5/c1-15-27-19-12-16(26)11-18(25-33-23(5,6)24(7,8)34-25)20(19)29(15)14-17(31-10)13-28(9)21(30)32-22(2,3)4/h11-12,17H,13-14H2,1-10H3/t17-/m0/s1. The van der Waals surface area contributed by atoms with Gasteiger partial charge in [0, 0.05) is 25.7 Å². The largest absolute Gasteiger partial charge is 0.497 e. The molecule has 0 aliphatic carbocycles. The molecular weight excluding hydrogens is 440 g/mol. The molecule has 1 aromatic carbocycles. The highest BCUT2D eigenvalue weighted by Gasteiger charge is 2.52. The van der Waals surface area contributed by atoms with Gasteiger partial charge in [0.1, 0.15) is 17.2 Å². The molecule has 8 nitrogen and oxygen atoms in total. The fraction of sp³-hybridized carbons (Fsp3) is 0.667. The number of hydrogen-bond acceptors (Lipinski definition) is 6. The lowest BCUT2D eigenvalue weighted by Gasteiger charge is -2.32. The average Bonchev–Trinajstić information content (AvgIpc) is 3.10. The molecule has 0 unspecified atom stereocenters. The van der Waals surface area contributed by atoms with Gasteiger partial charge in [-0.1, -0.05) is 0 Å². The van der Waals surface area contributed by atoms with Gasteiger partial charge in [0.05, 0.1) is 41.4 Å². The van der Waals surface area contributed by atoms with E-state index in [0.29, 0.717) is 29.9 Å². The third kappa shape index (κ3) is 5.39. The summed E-state index contributed by atoms with van der Waals surface area (Å²) in [5.41, 5.74) is 0.0804. The first kappa shape index (κ1) is 26.4. The number of halogens is 1. The number of amides is 1. The highest BCUT2D eigenvalue weighted by Crippen LogP contribution is 2.37. The Morgan fingerprint density at radius 2 is 1.82 bits per heavy atom. The summed E-state index contributed by atoms with van der Waals surface area (Å²) in [5, 5.41) is 0. The van der Waals surface area contributed by atoms with Crippen molar-refractivity contribution in [2.24, 2.45) is 0 Å². The van der Waals surface area contributed by atoms with Crippen LogP contribution in [-0.4, -0.2) is 71.3 Å². The van der Waals surface area contributed by atoms with Gasteiger partial charge >= 0.3 is 13.2 Å². The number of carbonyl (C=O) groups excluding carboxylic acids is 1. The zero-order valence-corrected chi connectivity index (χ0v) is 22.0. The van der Waals surface area contributed by atoms with Crippen molar-refractivity contribution in [3.8, 4) is 0 Å². The highest BCUT2D eigenvalue weighted by molar-refractivity contribution is 6.65. The van der Waals surface area contributed by atoms with E-state index in [1.165, 1.54) is 17.0 Å². The van der Waals surface area contributed by atoms with E-state index in [-0.39, 0.29) is 6.10 Å². The van der Waals surface area contributed by atoms with Gasteiger partial charge in [-0.25, -0.2) is 14.2 Å². The second-order valence-corrected chi connectivity index (χ2v) is 10.9. The zero-order valence-electron chi connectivity index (χ0n) is 22.0. The predicted molar refractivity (Wildman–Crippen MR) is 130 cm³/mol. The maximum atomic E-state index is 14.6. The lowest BCUT2D eigenvalue weighted by Crippen LogP contribution is -2.41. The molecule has 34 heavy (non-hydrogen) atoms. The molecule has 0 saturated carbocycles. The van der Waals surface area contributed by atoms with Crippen molar-refractivity contribution < 1.29 is 28.0 Å². The van der Waals surface area contributed by atoms with Gasteiger partial charge in [-0.15, -0.1) is 0 Å². The third-order valence-corrected chi connectivity index (χ3v) is 6.44. The van der Waals surface area contributed by atoms with Crippen molar-refractivity contribution in [1.29, 1.82) is 0 Å². The molecule has 10 heteroatoms. The first-order valence-electron chi connectivity index (χ1n) is 11.5. The van der Waals surface area contributed by atoms with Crippen LogP contribution in [0.5, 0.6) is 0 Å². The van der Waals surface area contributed by atoms with Gasteiger partial charge in [-0.2, -0.15) is 0 Å². The molecular formula is C24H37BFN3O5. The van der Waals surface area contributed by atoms with Gasteiger partial charge < -0.3 is 28.2 Å². The van der Waals surface area contributed by atoms with Gasteiger partial charge in [0.15, 0.2) is 0 Å². The van der Waals surface area contributed by atoms with E-state index in [2.05, 4.69) is 4.98 Å². The molecule has 1 amide bonds. The third-order valence-electron chi connectivity index (χ3n) is 6.44. The van der Waals surface area contributed by atoms with Crippen LogP contribution in [0.2, 0.25) is 0 Å². The van der Waals surface area contributed by atoms with Crippen LogP contribution in [0.15, 0.2) is 12.1 Å². The first-order valence-corrected chi connectivity index (χ1v) is 11.5. The number of benzene rings is 1. The van der Waals surface area contributed by atoms with E-state index in [4.69, 9.17) is 18.8 Å². The van der Waals surface area contributed by atoms with Crippen molar-refractivity contribution in [2.45, 2.75) is 84.8 Å². The molecule has 0 bridgehead atoms. The number of likely N-dealkylation sites (N-methyl/N-ethyl adjacent to an activating group) is 1. The Bertz CT molecular complexity index is 1050. The molecule has 2 heterocycles. The van der Waals surface area contributed by atoms with Gasteiger partial charge in [0.25, 0.3) is 0 Å². The molecule has 0 N–H and O–H groups in total. The van der Waals surface area contributed by atoms with Gasteiger partial charge in [-0.3, -0.25) is 0 Å². The first-order chi connectivity index (χ1) is 15.5. The Balaban J connectivity index is 1.94. The molecule has 188 valence electrons. The number of carbonyl (C=O) groups is 1. The van der Waals surface area contributed by atoms with Crippen LogP contribution >= 0.6 is 0 Å². The van der Waals surface area contributed by atoms with Crippen LogP contribution < -0.4 is 5.46 Å². The number of hydrogen-bond donors (Lipinski definition) is 0. The molecule has 1 aromatic heterocycles. The Hall–Kier alpha value is -2.17. The number of rotatable bonds is 6. The number of methoxy groups -OCH3 is 1. The second-order valence-electron chi connectivity index (χ2n) is 10.9. The zero-order chi connectivity index (χ0) is 25.6. The van der Waals surface area contributed by atoms with Crippen LogP contribution in [-0.2, 0) is 25.3 Å².